The summed E-state index contributed by atoms with van der Waals surface area (Å²) in [4.78, 5) is 15.2. The second-order valence-corrected chi connectivity index (χ2v) is 6.97. The lowest BCUT2D eigenvalue weighted by atomic mass is 10.1. The molecule has 144 valence electrons. The van der Waals surface area contributed by atoms with Gasteiger partial charge in [0.1, 0.15) is 0 Å². The van der Waals surface area contributed by atoms with Crippen molar-refractivity contribution in [3.63, 3.8) is 0 Å². The summed E-state index contributed by atoms with van der Waals surface area (Å²) in [7, 11) is 0. The highest BCUT2D eigenvalue weighted by atomic mass is 16.2. The first-order valence-corrected chi connectivity index (χ1v) is 9.98. The molecule has 0 unspecified atom stereocenters. The summed E-state index contributed by atoms with van der Waals surface area (Å²) in [5.74, 6) is 0.0377. The van der Waals surface area contributed by atoms with E-state index in [0.717, 1.165) is 24.2 Å². The SMILES string of the molecule is CCCCN(C(=O)c1ccccc1)c1ccccc1N[C@@H](C)c1ccccc1. The fraction of sp³-hybridized carbons (Fsp3) is 0.240. The van der Waals surface area contributed by atoms with Gasteiger partial charge in [-0.1, -0.05) is 74.0 Å². The Morgan fingerprint density at radius 1 is 0.893 bits per heavy atom. The number of benzene rings is 3. The Kier molecular flexibility index (Phi) is 6.85. The Morgan fingerprint density at radius 2 is 1.50 bits per heavy atom. The van der Waals surface area contributed by atoms with Crippen LogP contribution in [0.25, 0.3) is 0 Å². The van der Waals surface area contributed by atoms with Gasteiger partial charge in [-0.05, 0) is 43.2 Å². The van der Waals surface area contributed by atoms with Gasteiger partial charge in [0.25, 0.3) is 5.91 Å². The van der Waals surface area contributed by atoms with Crippen LogP contribution in [0.2, 0.25) is 0 Å². The summed E-state index contributed by atoms with van der Waals surface area (Å²) in [6.07, 6.45) is 2.00. The van der Waals surface area contributed by atoms with Crippen LogP contribution in [0.5, 0.6) is 0 Å². The Hall–Kier alpha value is -3.07. The molecule has 0 aliphatic rings. The zero-order valence-electron chi connectivity index (χ0n) is 16.6. The number of nitrogens with zero attached hydrogens (tertiary/aromatic N) is 1. The molecule has 0 bridgehead atoms. The fourth-order valence-electron chi connectivity index (χ4n) is 3.27. The van der Waals surface area contributed by atoms with E-state index in [4.69, 9.17) is 0 Å². The fourth-order valence-corrected chi connectivity index (χ4v) is 3.27. The highest BCUT2D eigenvalue weighted by Gasteiger charge is 2.20. The van der Waals surface area contributed by atoms with Crippen molar-refractivity contribution in [2.75, 3.05) is 16.8 Å². The van der Waals surface area contributed by atoms with E-state index >= 15 is 0 Å². The van der Waals surface area contributed by atoms with Gasteiger partial charge in [-0.25, -0.2) is 0 Å². The van der Waals surface area contributed by atoms with Crippen LogP contribution >= 0.6 is 0 Å². The molecule has 0 saturated heterocycles. The monoisotopic (exact) mass is 372 g/mol. The minimum Gasteiger partial charge on any atom is -0.377 e. The van der Waals surface area contributed by atoms with Crippen molar-refractivity contribution >= 4 is 17.3 Å². The van der Waals surface area contributed by atoms with Crippen LogP contribution in [0.4, 0.5) is 11.4 Å². The minimum absolute atomic E-state index is 0.0377. The van der Waals surface area contributed by atoms with E-state index in [0.29, 0.717) is 12.1 Å². The Morgan fingerprint density at radius 3 is 2.18 bits per heavy atom. The molecular weight excluding hydrogens is 344 g/mol. The molecule has 0 aliphatic carbocycles. The molecule has 1 N–H and O–H groups in total. The second kappa shape index (κ2) is 9.75. The van der Waals surface area contributed by atoms with Gasteiger partial charge in [-0.3, -0.25) is 4.79 Å². The van der Waals surface area contributed by atoms with Crippen LogP contribution in [-0.4, -0.2) is 12.5 Å². The Balaban J connectivity index is 1.91. The number of amides is 1. The van der Waals surface area contributed by atoms with Crippen LogP contribution in [0.3, 0.4) is 0 Å². The lowest BCUT2D eigenvalue weighted by molar-refractivity contribution is 0.0986. The van der Waals surface area contributed by atoms with Crippen LogP contribution in [0.15, 0.2) is 84.9 Å². The van der Waals surface area contributed by atoms with E-state index in [2.05, 4.69) is 31.3 Å². The standard InChI is InChI=1S/C25H28N2O/c1-3-4-19-27(25(28)22-15-9-6-10-16-22)24-18-12-11-17-23(24)26-20(2)21-13-7-5-8-14-21/h5-18,20,26H,3-4,19H2,1-2H3/t20-/m0/s1. The van der Waals surface area contributed by atoms with Crippen LogP contribution < -0.4 is 10.2 Å². The van der Waals surface area contributed by atoms with Crippen LogP contribution in [-0.2, 0) is 0 Å². The molecule has 0 spiro atoms. The summed E-state index contributed by atoms with van der Waals surface area (Å²) < 4.78 is 0. The predicted molar refractivity (Wildman–Crippen MR) is 118 cm³/mol. The van der Waals surface area contributed by atoms with Crippen molar-refractivity contribution < 1.29 is 4.79 Å². The smallest absolute Gasteiger partial charge is 0.258 e. The molecule has 3 aromatic rings. The third kappa shape index (κ3) is 4.80. The van der Waals surface area contributed by atoms with Gasteiger partial charge in [-0.2, -0.15) is 0 Å². The van der Waals surface area contributed by atoms with Crippen molar-refractivity contribution in [2.24, 2.45) is 0 Å². The molecule has 0 aliphatic heterocycles. The van der Waals surface area contributed by atoms with Crippen molar-refractivity contribution in [3.8, 4) is 0 Å². The van der Waals surface area contributed by atoms with E-state index < -0.39 is 0 Å². The quantitative estimate of drug-likeness (QED) is 0.503. The maximum atomic E-state index is 13.3. The molecule has 28 heavy (non-hydrogen) atoms. The van der Waals surface area contributed by atoms with Crippen molar-refractivity contribution in [2.45, 2.75) is 32.7 Å². The summed E-state index contributed by atoms with van der Waals surface area (Å²) in [5, 5.41) is 3.60. The predicted octanol–water partition coefficient (Wildman–Crippen LogP) is 6.31. The van der Waals surface area contributed by atoms with Crippen molar-refractivity contribution in [1.29, 1.82) is 0 Å². The van der Waals surface area contributed by atoms with E-state index in [-0.39, 0.29) is 11.9 Å². The van der Waals surface area contributed by atoms with Crippen molar-refractivity contribution in [3.05, 3.63) is 96.1 Å². The number of rotatable bonds is 8. The Labute approximate surface area is 168 Å². The summed E-state index contributed by atoms with van der Waals surface area (Å²) in [5.41, 5.74) is 3.82. The second-order valence-electron chi connectivity index (χ2n) is 6.97. The number of anilines is 2. The van der Waals surface area contributed by atoms with Gasteiger partial charge in [0, 0.05) is 18.2 Å². The zero-order valence-corrected chi connectivity index (χ0v) is 16.6. The number of unbranched alkanes of at least 4 members (excludes halogenated alkanes) is 1. The first kappa shape index (κ1) is 19.7. The molecule has 0 radical (unpaired) electrons. The molecule has 3 nitrogen and oxygen atoms in total. The normalized spacial score (nSPS) is 11.6. The van der Waals surface area contributed by atoms with Crippen LogP contribution in [0.1, 0.15) is 48.7 Å². The van der Waals surface area contributed by atoms with Gasteiger partial charge in [0.2, 0.25) is 0 Å². The van der Waals surface area contributed by atoms with Gasteiger partial charge < -0.3 is 10.2 Å². The van der Waals surface area contributed by atoms with Gasteiger partial charge in [-0.15, -0.1) is 0 Å². The molecule has 0 heterocycles. The minimum atomic E-state index is 0.0377. The average Bonchev–Trinajstić information content (AvgIpc) is 2.76. The summed E-state index contributed by atoms with van der Waals surface area (Å²) in [6, 6.07) is 28.1. The molecule has 3 aromatic carbocycles. The molecule has 0 saturated carbocycles. The number of nitrogens with one attached hydrogen (secondary N) is 1. The first-order chi connectivity index (χ1) is 13.7. The first-order valence-electron chi connectivity index (χ1n) is 9.98. The highest BCUT2D eigenvalue weighted by Crippen LogP contribution is 2.30. The molecule has 1 atom stereocenters. The lowest BCUT2D eigenvalue weighted by Gasteiger charge is -2.27. The molecular formula is C25H28N2O. The van der Waals surface area contributed by atoms with E-state index in [1.165, 1.54) is 5.56 Å². The molecule has 1 amide bonds. The third-order valence-electron chi connectivity index (χ3n) is 4.87. The molecule has 3 heteroatoms. The molecule has 3 rings (SSSR count). The maximum absolute atomic E-state index is 13.3. The summed E-state index contributed by atoms with van der Waals surface area (Å²) in [6.45, 7) is 4.98. The lowest BCUT2D eigenvalue weighted by Crippen LogP contribution is -2.32. The number of carbonyl (C=O) groups is 1. The Bertz CT molecular complexity index is 877. The largest absolute Gasteiger partial charge is 0.377 e. The summed E-state index contributed by atoms with van der Waals surface area (Å²) >= 11 is 0. The third-order valence-corrected chi connectivity index (χ3v) is 4.87. The highest BCUT2D eigenvalue weighted by molar-refractivity contribution is 6.07. The van der Waals surface area contributed by atoms with Crippen LogP contribution in [0, 0.1) is 0 Å². The number of para-hydroxylation sites is 2. The molecule has 0 fully saturated rings. The van der Waals surface area contributed by atoms with Gasteiger partial charge in [0.05, 0.1) is 11.4 Å². The topological polar surface area (TPSA) is 32.3 Å². The number of hydrogen-bond donors (Lipinski definition) is 1. The maximum Gasteiger partial charge on any atom is 0.258 e. The number of carbonyl (C=O) groups excluding carboxylic acids is 1. The number of hydrogen-bond acceptors (Lipinski definition) is 2. The molecule has 0 aromatic heterocycles. The van der Waals surface area contributed by atoms with E-state index in [9.17, 15) is 4.79 Å². The van der Waals surface area contributed by atoms with E-state index in [1.54, 1.807) is 0 Å². The van der Waals surface area contributed by atoms with Gasteiger partial charge >= 0.3 is 0 Å². The van der Waals surface area contributed by atoms with E-state index in [1.807, 2.05) is 77.7 Å². The van der Waals surface area contributed by atoms with Gasteiger partial charge in [0.15, 0.2) is 0 Å². The van der Waals surface area contributed by atoms with Crippen molar-refractivity contribution in [1.82, 2.24) is 0 Å². The zero-order chi connectivity index (χ0) is 19.8. The average molecular weight is 373 g/mol.